The van der Waals surface area contributed by atoms with Crippen molar-refractivity contribution in [2.24, 2.45) is 5.92 Å². The molecule has 1 saturated heterocycles. The molecule has 21 heavy (non-hydrogen) atoms. The first-order valence-corrected chi connectivity index (χ1v) is 7.64. The Morgan fingerprint density at radius 2 is 2.29 bits per heavy atom. The Labute approximate surface area is 130 Å². The molecule has 0 bridgehead atoms. The molecule has 7 heteroatoms. The van der Waals surface area contributed by atoms with Crippen LogP contribution in [-0.4, -0.2) is 30.5 Å². The Morgan fingerprint density at radius 1 is 1.52 bits per heavy atom. The van der Waals surface area contributed by atoms with Crippen molar-refractivity contribution < 1.29 is 14.3 Å². The number of hydrogen-bond acceptors (Lipinski definition) is 5. The number of aromatic nitrogens is 1. The Hall–Kier alpha value is -1.66. The van der Waals surface area contributed by atoms with Crippen molar-refractivity contribution in [1.29, 1.82) is 0 Å². The van der Waals surface area contributed by atoms with Crippen LogP contribution < -0.4 is 4.90 Å². The van der Waals surface area contributed by atoms with Crippen LogP contribution in [0.2, 0.25) is 5.02 Å². The molecule has 110 valence electrons. The molecule has 1 aliphatic rings. The summed E-state index contributed by atoms with van der Waals surface area (Å²) in [4.78, 5) is 29.7. The van der Waals surface area contributed by atoms with E-state index in [1.165, 1.54) is 18.4 Å². The van der Waals surface area contributed by atoms with E-state index in [1.807, 2.05) is 19.1 Å². The molecule has 1 aliphatic heterocycles. The summed E-state index contributed by atoms with van der Waals surface area (Å²) >= 11 is 7.52. The van der Waals surface area contributed by atoms with Crippen LogP contribution in [0, 0.1) is 12.8 Å². The minimum absolute atomic E-state index is 0.104. The SMILES string of the molecule is COC(=O)C1CC(=O)N(c2nc3c(C)c(Cl)ccc3s2)C1. The van der Waals surface area contributed by atoms with Gasteiger partial charge in [0.1, 0.15) is 0 Å². The maximum atomic E-state index is 12.1. The zero-order valence-corrected chi connectivity index (χ0v) is 13.1. The van der Waals surface area contributed by atoms with Crippen molar-refractivity contribution in [2.75, 3.05) is 18.6 Å². The fourth-order valence-corrected chi connectivity index (χ4v) is 3.63. The first-order chi connectivity index (χ1) is 10.0. The number of esters is 1. The number of rotatable bonds is 2. The number of carbonyl (C=O) groups is 2. The average Bonchev–Trinajstić information content (AvgIpc) is 3.06. The molecule has 1 amide bonds. The summed E-state index contributed by atoms with van der Waals surface area (Å²) in [6.07, 6.45) is 0.169. The number of hydrogen-bond donors (Lipinski definition) is 0. The number of methoxy groups -OCH3 is 1. The smallest absolute Gasteiger partial charge is 0.311 e. The fourth-order valence-electron chi connectivity index (χ4n) is 2.42. The van der Waals surface area contributed by atoms with Gasteiger partial charge in [0.15, 0.2) is 5.13 Å². The lowest BCUT2D eigenvalue weighted by molar-refractivity contribution is -0.145. The van der Waals surface area contributed by atoms with Crippen molar-refractivity contribution in [1.82, 2.24) is 4.98 Å². The van der Waals surface area contributed by atoms with Crippen LogP contribution in [0.15, 0.2) is 12.1 Å². The van der Waals surface area contributed by atoms with Crippen molar-refractivity contribution in [2.45, 2.75) is 13.3 Å². The number of anilines is 1. The zero-order chi connectivity index (χ0) is 15.1. The summed E-state index contributed by atoms with van der Waals surface area (Å²) < 4.78 is 5.68. The van der Waals surface area contributed by atoms with Crippen LogP contribution in [0.3, 0.4) is 0 Å². The predicted molar refractivity (Wildman–Crippen MR) is 81.8 cm³/mol. The summed E-state index contributed by atoms with van der Waals surface area (Å²) in [6, 6.07) is 3.72. The Kier molecular flexibility index (Phi) is 3.59. The minimum Gasteiger partial charge on any atom is -0.469 e. The van der Waals surface area contributed by atoms with E-state index < -0.39 is 5.92 Å². The lowest BCUT2D eigenvalue weighted by Gasteiger charge is -2.11. The molecule has 1 unspecified atom stereocenters. The van der Waals surface area contributed by atoms with E-state index in [9.17, 15) is 9.59 Å². The highest BCUT2D eigenvalue weighted by Gasteiger charge is 2.37. The first kappa shape index (κ1) is 14.3. The molecule has 3 rings (SSSR count). The molecule has 5 nitrogen and oxygen atoms in total. The van der Waals surface area contributed by atoms with Crippen molar-refractivity contribution >= 4 is 50.2 Å². The second-order valence-corrected chi connectivity index (χ2v) is 6.36. The molecule has 1 fully saturated rings. The summed E-state index contributed by atoms with van der Waals surface area (Å²) in [6.45, 7) is 2.22. The molecule has 0 N–H and O–H groups in total. The predicted octanol–water partition coefficient (Wildman–Crippen LogP) is 2.78. The molecule has 1 atom stereocenters. The fraction of sp³-hybridized carbons (Fsp3) is 0.357. The van der Waals surface area contributed by atoms with Gasteiger partial charge in [-0.2, -0.15) is 0 Å². The summed E-state index contributed by atoms with van der Waals surface area (Å²) in [7, 11) is 1.33. The third-order valence-corrected chi connectivity index (χ3v) is 5.08. The van der Waals surface area contributed by atoms with Gasteiger partial charge in [0.25, 0.3) is 0 Å². The van der Waals surface area contributed by atoms with E-state index >= 15 is 0 Å². The Bertz CT molecular complexity index is 743. The molecular weight excluding hydrogens is 312 g/mol. The monoisotopic (exact) mass is 324 g/mol. The second-order valence-electron chi connectivity index (χ2n) is 4.94. The van der Waals surface area contributed by atoms with Crippen molar-refractivity contribution in [3.8, 4) is 0 Å². The molecule has 0 spiro atoms. The van der Waals surface area contributed by atoms with Gasteiger partial charge in [0.05, 0.1) is 23.2 Å². The number of thiazole rings is 1. The summed E-state index contributed by atoms with van der Waals surface area (Å²) in [5, 5.41) is 1.26. The highest BCUT2D eigenvalue weighted by atomic mass is 35.5. The van der Waals surface area contributed by atoms with E-state index in [4.69, 9.17) is 16.3 Å². The molecular formula is C14H13ClN2O3S. The van der Waals surface area contributed by atoms with E-state index in [-0.39, 0.29) is 18.3 Å². The number of fused-ring (bicyclic) bond motifs is 1. The quantitative estimate of drug-likeness (QED) is 0.797. The molecule has 0 saturated carbocycles. The average molecular weight is 325 g/mol. The van der Waals surface area contributed by atoms with Gasteiger partial charge in [0, 0.05) is 18.0 Å². The van der Waals surface area contributed by atoms with Crippen molar-refractivity contribution in [3.63, 3.8) is 0 Å². The van der Waals surface area contributed by atoms with Gasteiger partial charge >= 0.3 is 5.97 Å². The second kappa shape index (κ2) is 5.27. The number of amides is 1. The minimum atomic E-state index is -0.417. The highest BCUT2D eigenvalue weighted by Crippen LogP contribution is 2.35. The van der Waals surface area contributed by atoms with Crippen LogP contribution in [0.4, 0.5) is 5.13 Å². The van der Waals surface area contributed by atoms with E-state index in [0.29, 0.717) is 16.7 Å². The van der Waals surface area contributed by atoms with Gasteiger partial charge in [-0.3, -0.25) is 14.5 Å². The summed E-state index contributed by atoms with van der Waals surface area (Å²) in [5.74, 6) is -0.876. The van der Waals surface area contributed by atoms with Crippen LogP contribution >= 0.6 is 22.9 Å². The third-order valence-electron chi connectivity index (χ3n) is 3.63. The standard InChI is InChI=1S/C14H13ClN2O3S/c1-7-9(15)3-4-10-12(7)16-14(21-10)17-6-8(5-11(17)18)13(19)20-2/h3-4,8H,5-6H2,1-2H3. The Balaban J connectivity index is 1.96. The largest absolute Gasteiger partial charge is 0.469 e. The molecule has 2 heterocycles. The molecule has 1 aromatic heterocycles. The topological polar surface area (TPSA) is 59.5 Å². The maximum Gasteiger partial charge on any atom is 0.311 e. The van der Waals surface area contributed by atoms with Gasteiger partial charge in [-0.25, -0.2) is 4.98 Å². The van der Waals surface area contributed by atoms with Crippen LogP contribution in [0.25, 0.3) is 10.2 Å². The van der Waals surface area contributed by atoms with Crippen LogP contribution in [0.1, 0.15) is 12.0 Å². The van der Waals surface area contributed by atoms with E-state index in [0.717, 1.165) is 15.8 Å². The first-order valence-electron chi connectivity index (χ1n) is 6.45. The van der Waals surface area contributed by atoms with Crippen LogP contribution in [0.5, 0.6) is 0 Å². The maximum absolute atomic E-state index is 12.1. The van der Waals surface area contributed by atoms with Crippen molar-refractivity contribution in [3.05, 3.63) is 22.7 Å². The summed E-state index contributed by atoms with van der Waals surface area (Å²) in [5.41, 5.74) is 1.70. The third kappa shape index (κ3) is 2.38. The Morgan fingerprint density at radius 3 is 3.00 bits per heavy atom. The number of nitrogens with zero attached hydrogens (tertiary/aromatic N) is 2. The number of benzene rings is 1. The van der Waals surface area contributed by atoms with Gasteiger partial charge in [-0.05, 0) is 24.6 Å². The van der Waals surface area contributed by atoms with Crippen LogP contribution in [-0.2, 0) is 14.3 Å². The normalized spacial score (nSPS) is 18.5. The molecule has 1 aromatic carbocycles. The lowest BCUT2D eigenvalue weighted by atomic mass is 10.1. The zero-order valence-electron chi connectivity index (χ0n) is 11.6. The highest BCUT2D eigenvalue weighted by molar-refractivity contribution is 7.22. The van der Waals surface area contributed by atoms with E-state index in [1.54, 1.807) is 4.90 Å². The molecule has 2 aromatic rings. The number of carbonyl (C=O) groups excluding carboxylic acids is 2. The number of halogens is 1. The van der Waals surface area contributed by atoms with Gasteiger partial charge in [-0.15, -0.1) is 0 Å². The molecule has 0 aliphatic carbocycles. The van der Waals surface area contributed by atoms with Gasteiger partial charge in [0.2, 0.25) is 5.91 Å². The van der Waals surface area contributed by atoms with Gasteiger partial charge in [-0.1, -0.05) is 22.9 Å². The molecule has 0 radical (unpaired) electrons. The number of ether oxygens (including phenoxy) is 1. The number of aryl methyl sites for hydroxylation is 1. The van der Waals surface area contributed by atoms with E-state index in [2.05, 4.69) is 4.98 Å². The lowest BCUT2D eigenvalue weighted by Crippen LogP contribution is -2.25. The van der Waals surface area contributed by atoms with Gasteiger partial charge < -0.3 is 4.74 Å².